The van der Waals surface area contributed by atoms with Gasteiger partial charge in [-0.15, -0.1) is 0 Å². The molecule has 0 aromatic heterocycles. The Balaban J connectivity index is 1.41. The number of piperidine rings is 1. The van der Waals surface area contributed by atoms with Gasteiger partial charge in [-0.1, -0.05) is 36.8 Å². The molecular formula is C16H30N4OS2. The van der Waals surface area contributed by atoms with Gasteiger partial charge in [-0.2, -0.15) is 0 Å². The average Bonchev–Trinajstić information content (AvgIpc) is 3.04. The fourth-order valence-corrected chi connectivity index (χ4v) is 4.53. The van der Waals surface area contributed by atoms with Gasteiger partial charge in [-0.25, -0.2) is 4.79 Å². The Morgan fingerprint density at radius 2 is 1.70 bits per heavy atom. The fourth-order valence-electron chi connectivity index (χ4n) is 3.06. The van der Waals surface area contributed by atoms with E-state index in [9.17, 15) is 4.79 Å². The highest BCUT2D eigenvalue weighted by Gasteiger charge is 2.17. The van der Waals surface area contributed by atoms with E-state index in [1.807, 2.05) is 11.8 Å². The number of carbonyl (C=O) groups is 1. The second-order valence-corrected chi connectivity index (χ2v) is 8.35. The minimum atomic E-state index is -0.0122. The van der Waals surface area contributed by atoms with E-state index >= 15 is 0 Å². The largest absolute Gasteiger partial charge is 0.371 e. The monoisotopic (exact) mass is 358 g/mol. The SMILES string of the molecule is O=C(NCCCCNC(=S)SC1CCNCC1)NC1CCCC1. The predicted molar refractivity (Wildman–Crippen MR) is 102 cm³/mol. The van der Waals surface area contributed by atoms with Crippen molar-refractivity contribution in [2.45, 2.75) is 62.7 Å². The molecule has 4 N–H and O–H groups in total. The summed E-state index contributed by atoms with van der Waals surface area (Å²) in [5.41, 5.74) is 0. The van der Waals surface area contributed by atoms with E-state index in [4.69, 9.17) is 12.2 Å². The zero-order chi connectivity index (χ0) is 16.3. The summed E-state index contributed by atoms with van der Waals surface area (Å²) in [6.45, 7) is 3.83. The lowest BCUT2D eigenvalue weighted by Crippen LogP contribution is -2.41. The molecule has 2 fully saturated rings. The number of unbranched alkanes of at least 4 members (excludes halogenated alkanes) is 1. The van der Waals surface area contributed by atoms with Crippen LogP contribution in [-0.2, 0) is 0 Å². The summed E-state index contributed by atoms with van der Waals surface area (Å²) in [5, 5.41) is 13.3. The van der Waals surface area contributed by atoms with E-state index in [0.717, 1.165) is 56.2 Å². The van der Waals surface area contributed by atoms with E-state index < -0.39 is 0 Å². The number of nitrogens with one attached hydrogen (secondary N) is 4. The van der Waals surface area contributed by atoms with Crippen LogP contribution in [0.15, 0.2) is 0 Å². The number of thiocarbonyl (C=S) groups is 1. The number of carbonyl (C=O) groups excluding carboxylic acids is 1. The van der Waals surface area contributed by atoms with Crippen LogP contribution in [0.1, 0.15) is 51.4 Å². The molecule has 0 spiro atoms. The van der Waals surface area contributed by atoms with Crippen molar-refractivity contribution < 1.29 is 4.79 Å². The summed E-state index contributed by atoms with van der Waals surface area (Å²) in [4.78, 5) is 11.7. The molecule has 1 saturated carbocycles. The van der Waals surface area contributed by atoms with Gasteiger partial charge in [-0.05, 0) is 51.6 Å². The van der Waals surface area contributed by atoms with Crippen LogP contribution < -0.4 is 21.3 Å². The quantitative estimate of drug-likeness (QED) is 0.416. The van der Waals surface area contributed by atoms with Crippen molar-refractivity contribution in [3.05, 3.63) is 0 Å². The average molecular weight is 359 g/mol. The Morgan fingerprint density at radius 1 is 1.04 bits per heavy atom. The van der Waals surface area contributed by atoms with Crippen molar-refractivity contribution in [2.24, 2.45) is 0 Å². The molecule has 0 radical (unpaired) electrons. The van der Waals surface area contributed by atoms with Crippen LogP contribution in [0.25, 0.3) is 0 Å². The summed E-state index contributed by atoms with van der Waals surface area (Å²) >= 11 is 7.19. The van der Waals surface area contributed by atoms with Crippen LogP contribution in [0.3, 0.4) is 0 Å². The third-order valence-corrected chi connectivity index (χ3v) is 6.00. The first-order valence-electron chi connectivity index (χ1n) is 8.93. The highest BCUT2D eigenvalue weighted by atomic mass is 32.2. The Labute approximate surface area is 149 Å². The highest BCUT2D eigenvalue weighted by molar-refractivity contribution is 8.23. The van der Waals surface area contributed by atoms with Gasteiger partial charge in [0, 0.05) is 24.4 Å². The van der Waals surface area contributed by atoms with Crippen LogP contribution >= 0.6 is 24.0 Å². The van der Waals surface area contributed by atoms with Crippen LogP contribution in [0, 0.1) is 0 Å². The smallest absolute Gasteiger partial charge is 0.315 e. The van der Waals surface area contributed by atoms with Gasteiger partial charge >= 0.3 is 6.03 Å². The van der Waals surface area contributed by atoms with Gasteiger partial charge in [-0.3, -0.25) is 0 Å². The van der Waals surface area contributed by atoms with Gasteiger partial charge in [0.15, 0.2) is 0 Å². The zero-order valence-electron chi connectivity index (χ0n) is 13.9. The van der Waals surface area contributed by atoms with Crippen molar-refractivity contribution >= 4 is 34.3 Å². The third-order valence-electron chi connectivity index (χ3n) is 4.41. The van der Waals surface area contributed by atoms with Crippen molar-refractivity contribution in [1.29, 1.82) is 0 Å². The molecule has 2 aliphatic rings. The van der Waals surface area contributed by atoms with Gasteiger partial charge < -0.3 is 21.3 Å². The molecule has 5 nitrogen and oxygen atoms in total. The number of rotatable bonds is 7. The summed E-state index contributed by atoms with van der Waals surface area (Å²) < 4.78 is 0.920. The second-order valence-electron chi connectivity index (χ2n) is 6.37. The topological polar surface area (TPSA) is 65.2 Å². The molecule has 0 atom stereocenters. The zero-order valence-corrected chi connectivity index (χ0v) is 15.5. The molecule has 0 aromatic carbocycles. The fraction of sp³-hybridized carbons (Fsp3) is 0.875. The maximum atomic E-state index is 11.7. The van der Waals surface area contributed by atoms with Crippen LogP contribution in [0.5, 0.6) is 0 Å². The number of hydrogen-bond donors (Lipinski definition) is 4. The minimum absolute atomic E-state index is 0.0122. The van der Waals surface area contributed by atoms with Crippen molar-refractivity contribution in [2.75, 3.05) is 26.2 Å². The lowest BCUT2D eigenvalue weighted by molar-refractivity contribution is 0.237. The Morgan fingerprint density at radius 3 is 2.39 bits per heavy atom. The molecule has 0 unspecified atom stereocenters. The highest BCUT2D eigenvalue weighted by Crippen LogP contribution is 2.20. The number of hydrogen-bond acceptors (Lipinski definition) is 4. The number of amides is 2. The van der Waals surface area contributed by atoms with Crippen LogP contribution in [-0.4, -0.2) is 47.8 Å². The van der Waals surface area contributed by atoms with E-state index in [1.54, 1.807) is 0 Å². The van der Waals surface area contributed by atoms with Crippen molar-refractivity contribution in [3.63, 3.8) is 0 Å². The summed E-state index contributed by atoms with van der Waals surface area (Å²) in [7, 11) is 0. The third kappa shape index (κ3) is 8.22. The van der Waals surface area contributed by atoms with Crippen molar-refractivity contribution in [1.82, 2.24) is 21.3 Å². The molecule has 23 heavy (non-hydrogen) atoms. The molecule has 2 amide bonds. The van der Waals surface area contributed by atoms with Crippen LogP contribution in [0.2, 0.25) is 0 Å². The van der Waals surface area contributed by atoms with Gasteiger partial charge in [0.1, 0.15) is 4.32 Å². The van der Waals surface area contributed by atoms with Crippen molar-refractivity contribution in [3.8, 4) is 0 Å². The minimum Gasteiger partial charge on any atom is -0.371 e. The first-order chi connectivity index (χ1) is 11.2. The number of thioether (sulfide) groups is 1. The molecule has 1 aliphatic heterocycles. The summed E-state index contributed by atoms with van der Waals surface area (Å²) in [6, 6.07) is 0.378. The van der Waals surface area contributed by atoms with E-state index in [0.29, 0.717) is 11.3 Å². The normalized spacial score (nSPS) is 19.5. The Bertz CT molecular complexity index is 369. The number of urea groups is 1. The molecule has 7 heteroatoms. The summed E-state index contributed by atoms with van der Waals surface area (Å²) in [5.74, 6) is 0. The Kier molecular flexibility index (Phi) is 9.07. The lowest BCUT2D eigenvalue weighted by atomic mass is 10.2. The maximum absolute atomic E-state index is 11.7. The molecule has 0 bridgehead atoms. The molecular weight excluding hydrogens is 328 g/mol. The van der Waals surface area contributed by atoms with E-state index in [-0.39, 0.29) is 6.03 Å². The molecule has 0 aromatic rings. The first-order valence-corrected chi connectivity index (χ1v) is 10.2. The molecule has 2 rings (SSSR count). The standard InChI is InChI=1S/C16H30N4OS2/c21-15(20-13-5-1-2-6-13)18-9-3-4-10-19-16(22)23-14-7-11-17-12-8-14/h13-14,17H,1-12H2,(H,19,22)(H2,18,20,21). The summed E-state index contributed by atoms with van der Waals surface area (Å²) in [6.07, 6.45) is 9.15. The molecule has 132 valence electrons. The lowest BCUT2D eigenvalue weighted by Gasteiger charge is -2.22. The van der Waals surface area contributed by atoms with Gasteiger partial charge in [0.2, 0.25) is 0 Å². The maximum Gasteiger partial charge on any atom is 0.315 e. The van der Waals surface area contributed by atoms with E-state index in [2.05, 4.69) is 21.3 Å². The van der Waals surface area contributed by atoms with Crippen LogP contribution in [0.4, 0.5) is 4.79 Å². The molecule has 1 heterocycles. The second kappa shape index (κ2) is 11.1. The molecule has 1 aliphatic carbocycles. The van der Waals surface area contributed by atoms with E-state index in [1.165, 1.54) is 25.7 Å². The molecule has 1 saturated heterocycles. The first kappa shape index (κ1) is 18.8. The van der Waals surface area contributed by atoms with Gasteiger partial charge in [0.05, 0.1) is 0 Å². The Hall–Kier alpha value is -0.530. The predicted octanol–water partition coefficient (Wildman–Crippen LogP) is 2.37. The van der Waals surface area contributed by atoms with Gasteiger partial charge in [0.25, 0.3) is 0 Å².